The predicted octanol–water partition coefficient (Wildman–Crippen LogP) is 24.4. The number of rotatable bonds is 32. The molecule has 664 valence electrons. The van der Waals surface area contributed by atoms with Crippen molar-refractivity contribution in [3.05, 3.63) is 140 Å². The summed E-state index contributed by atoms with van der Waals surface area (Å²) in [5.74, 6) is 1.27. The zero-order valence-corrected chi connectivity index (χ0v) is 84.4. The molecule has 4 aliphatic rings. The van der Waals surface area contributed by atoms with Crippen LogP contribution in [0.4, 0.5) is 15.0 Å². The zero-order chi connectivity index (χ0) is 88.0. The normalized spacial score (nSPS) is 15.2. The molecule has 4 aliphatic heterocycles. The minimum Gasteiger partial charge on any atom is -0.317 e. The molecule has 0 bridgehead atoms. The van der Waals surface area contributed by atoms with Gasteiger partial charge in [0.15, 0.2) is 0 Å². The van der Waals surface area contributed by atoms with Crippen molar-refractivity contribution in [2.75, 3.05) is 61.8 Å². The number of nitrogens with zero attached hydrogens (tertiary/aromatic N) is 7. The molecule has 8 aromatic heterocycles. The quantitative estimate of drug-likeness (QED) is 0.0209. The van der Waals surface area contributed by atoms with Crippen LogP contribution in [0.2, 0.25) is 0 Å². The number of carbonyl (C=O) groups excluding carboxylic acids is 4. The highest BCUT2D eigenvalue weighted by molar-refractivity contribution is 9.10. The SMILES string of the molecule is CCC(C)CCCC(=O)Cc1sc2c(c1-c1nc3cc(Br)ccc3s1)CCNC2.CCC(C)NCCC(=O)Nc1sc2c(c1-c1nc3cc(Br)ccc3s1)CCN(C(C)C)C2.CCC(C)NCCC(=O)Nc1sc2c(c1-c1nc3cc(C)ccc3s1)CCN(C(C)C)C2.CC[C@H](C)NCCC(=O)Nc1sc2c(c1-c1nc3ccccc3s1)CCN(C(C)C)C2. The summed E-state index contributed by atoms with van der Waals surface area (Å²) in [7, 11) is 0. The second-order valence-electron chi connectivity index (χ2n) is 34.3. The molecule has 18 nitrogen and oxygen atoms in total. The van der Waals surface area contributed by atoms with Crippen molar-refractivity contribution >= 4 is 202 Å². The molecule has 28 heteroatoms. The number of hydrogen-bond donors (Lipinski definition) is 7. The second-order valence-corrected chi connectivity index (χ2v) is 44.8. The van der Waals surface area contributed by atoms with Crippen LogP contribution in [-0.2, 0) is 77.5 Å². The third kappa shape index (κ3) is 24.5. The molecule has 0 fully saturated rings. The molecule has 16 rings (SSSR count). The van der Waals surface area contributed by atoms with Gasteiger partial charge in [-0.3, -0.25) is 33.9 Å². The first-order chi connectivity index (χ1) is 59.7. The fourth-order valence-electron chi connectivity index (χ4n) is 15.9. The van der Waals surface area contributed by atoms with Crippen molar-refractivity contribution < 1.29 is 19.2 Å². The number of aromatic nitrogens is 4. The minimum absolute atomic E-state index is 0.0604. The van der Waals surface area contributed by atoms with Gasteiger partial charge in [-0.1, -0.05) is 97.5 Å². The first kappa shape index (κ1) is 95.6. The van der Waals surface area contributed by atoms with E-state index in [0.717, 1.165) is 198 Å². The van der Waals surface area contributed by atoms with Crippen molar-refractivity contribution in [3.63, 3.8) is 0 Å². The summed E-state index contributed by atoms with van der Waals surface area (Å²) in [6.07, 6.45) is 13.2. The van der Waals surface area contributed by atoms with E-state index in [1.54, 1.807) is 79.4 Å². The molecule has 4 atom stereocenters. The minimum atomic E-state index is 0.0604. The summed E-state index contributed by atoms with van der Waals surface area (Å²) in [6, 6.07) is 30.1. The van der Waals surface area contributed by atoms with Crippen molar-refractivity contribution in [1.29, 1.82) is 0 Å². The molecule has 3 amide bonds. The number of halogens is 2. The number of amides is 3. The molecule has 0 radical (unpaired) electrons. The monoisotopic (exact) mass is 1950 g/mol. The Balaban J connectivity index is 0.000000142. The molecule has 0 aliphatic carbocycles. The first-order valence-electron chi connectivity index (χ1n) is 44.7. The van der Waals surface area contributed by atoms with Gasteiger partial charge >= 0.3 is 0 Å². The van der Waals surface area contributed by atoms with E-state index in [9.17, 15) is 19.2 Å². The van der Waals surface area contributed by atoms with Crippen LogP contribution in [0.15, 0.2) is 87.8 Å². The Bertz CT molecular complexity index is 5440. The molecule has 12 aromatic rings. The fourth-order valence-corrected chi connectivity index (χ4v) is 26.2. The number of para-hydroxylation sites is 1. The fraction of sp³-hybridized carbons (Fsp3) is 0.500. The third-order valence-corrected chi connectivity index (χ3v) is 34.0. The Morgan fingerprint density at radius 2 is 0.823 bits per heavy atom. The molecule has 12 heterocycles. The summed E-state index contributed by atoms with van der Waals surface area (Å²) in [5, 5.41) is 30.4. The van der Waals surface area contributed by atoms with Gasteiger partial charge in [0.05, 0.1) is 40.9 Å². The lowest BCUT2D eigenvalue weighted by molar-refractivity contribution is -0.119. The lowest BCUT2D eigenvalue weighted by Crippen LogP contribution is -2.35. The molecule has 4 aromatic carbocycles. The number of benzene rings is 4. The van der Waals surface area contributed by atoms with Gasteiger partial charge in [-0.15, -0.1) is 90.7 Å². The van der Waals surface area contributed by atoms with E-state index in [0.29, 0.717) is 99.7 Å². The number of hydrogen-bond acceptors (Lipinski definition) is 23. The number of anilines is 3. The van der Waals surface area contributed by atoms with Gasteiger partial charge in [0.2, 0.25) is 17.7 Å². The largest absolute Gasteiger partial charge is 0.317 e. The maximum absolute atomic E-state index is 12.8. The predicted molar refractivity (Wildman–Crippen MR) is 540 cm³/mol. The number of thiophene rings is 4. The van der Waals surface area contributed by atoms with Crippen LogP contribution < -0.4 is 37.2 Å². The van der Waals surface area contributed by atoms with Crippen molar-refractivity contribution in [1.82, 2.24) is 55.9 Å². The van der Waals surface area contributed by atoms with E-state index in [4.69, 9.17) is 19.9 Å². The van der Waals surface area contributed by atoms with Crippen molar-refractivity contribution in [2.45, 2.75) is 263 Å². The van der Waals surface area contributed by atoms with Crippen LogP contribution in [0.25, 0.3) is 83.2 Å². The molecule has 7 N–H and O–H groups in total. The van der Waals surface area contributed by atoms with Gasteiger partial charge in [-0.2, -0.15) is 0 Å². The Hall–Kier alpha value is -6.00. The summed E-state index contributed by atoms with van der Waals surface area (Å²) in [5.41, 5.74) is 15.5. The van der Waals surface area contributed by atoms with Gasteiger partial charge in [-0.25, -0.2) is 19.9 Å². The van der Waals surface area contributed by atoms with E-state index < -0.39 is 0 Å². The molecule has 3 unspecified atom stereocenters. The van der Waals surface area contributed by atoms with E-state index in [2.05, 4.69) is 260 Å². The topological polar surface area (TPSA) is 214 Å². The number of carbonyl (C=O) groups is 4. The number of Topliss-reactive ketones (excluding diaryl/α,β-unsaturated/α-hetero) is 1. The van der Waals surface area contributed by atoms with Crippen LogP contribution in [0.1, 0.15) is 213 Å². The zero-order valence-electron chi connectivity index (χ0n) is 74.7. The molecular formula is C96H124Br2N14O4S8. The van der Waals surface area contributed by atoms with Crippen LogP contribution in [0.3, 0.4) is 0 Å². The van der Waals surface area contributed by atoms with Gasteiger partial charge in [0.25, 0.3) is 0 Å². The summed E-state index contributed by atoms with van der Waals surface area (Å²) in [6.45, 7) is 43.0. The average molecular weight is 1950 g/mol. The van der Waals surface area contributed by atoms with Crippen LogP contribution >= 0.6 is 123 Å². The average Bonchev–Trinajstić information content (AvgIpc) is 1.63. The molecule has 0 spiro atoms. The van der Waals surface area contributed by atoms with E-state index in [-0.39, 0.29) is 17.7 Å². The van der Waals surface area contributed by atoms with Crippen LogP contribution in [0.5, 0.6) is 0 Å². The summed E-state index contributed by atoms with van der Waals surface area (Å²) >= 11 is 21.0. The van der Waals surface area contributed by atoms with Gasteiger partial charge in [0.1, 0.15) is 40.8 Å². The van der Waals surface area contributed by atoms with Gasteiger partial charge in [0, 0.05) is 189 Å². The number of thiazole rings is 4. The molecule has 124 heavy (non-hydrogen) atoms. The Labute approximate surface area is 782 Å². The lowest BCUT2D eigenvalue weighted by Gasteiger charge is -2.30. The standard InChI is InChI=1S/C25H34N4OS2.C24H31BrN4OS2.C24H32N4OS2.C23H27BrN2OS2/c1-6-17(5)26-11-9-22(30)28-25-23(18-10-12-29(15(2)3)14-21(18)32-25)24-27-19-13-16(4)7-8-20(19)31-24;1-5-15(4)26-10-8-21(30)28-24-22(17-9-11-29(14(2)3)13-20(17)32-24)23-27-18-12-16(25)6-7-19(18)31-23;1-5-16(4)25-12-10-21(29)27-24-22(23-26-18-8-6-7-9-19(18)30-23)17-11-13-28(15(2)3)14-20(17)31-24;1-3-14(2)5-4-6-16(27)12-20-22(17-9-10-25-13-21(17)28-20)23-26-18-11-15(24)7-8-19(18)29-23/h7-8,13,15,17,26H,6,9-12,14H2,1-5H3,(H,28,30);6-7,12,14-15,26H,5,8-11,13H2,1-4H3,(H,28,30);6-9,15-16,25H,5,10-14H2,1-4H3,(H,27,29);7-8,11,14,25H,3-6,9-10,12-13H2,1-2H3/t;;16-;/m..0./s1. The Morgan fingerprint density at radius 1 is 0.435 bits per heavy atom. The van der Waals surface area contributed by atoms with Crippen molar-refractivity contribution in [3.8, 4) is 42.3 Å². The maximum atomic E-state index is 12.8. The smallest absolute Gasteiger partial charge is 0.226 e. The molecule has 0 saturated heterocycles. The Morgan fingerprint density at radius 3 is 1.23 bits per heavy atom. The first-order valence-corrected chi connectivity index (χ1v) is 52.8. The van der Waals surface area contributed by atoms with E-state index in [1.807, 2.05) is 17.4 Å². The maximum Gasteiger partial charge on any atom is 0.226 e. The summed E-state index contributed by atoms with van der Waals surface area (Å²) < 4.78 is 6.83. The van der Waals surface area contributed by atoms with E-state index in [1.165, 1.54) is 78.3 Å². The van der Waals surface area contributed by atoms with Gasteiger partial charge in [-0.05, 0) is 222 Å². The van der Waals surface area contributed by atoms with E-state index >= 15 is 0 Å². The lowest BCUT2D eigenvalue weighted by atomic mass is 9.98. The number of nitrogens with one attached hydrogen (secondary N) is 7. The Kier molecular flexibility index (Phi) is 34.7. The molecular weight excluding hydrogens is 1830 g/mol. The van der Waals surface area contributed by atoms with Crippen molar-refractivity contribution in [2.24, 2.45) is 5.92 Å². The highest BCUT2D eigenvalue weighted by atomic mass is 79.9. The summed E-state index contributed by atoms with van der Waals surface area (Å²) in [4.78, 5) is 85.1. The van der Waals surface area contributed by atoms with Gasteiger partial charge < -0.3 is 37.2 Å². The van der Waals surface area contributed by atoms with Crippen LogP contribution in [-0.4, -0.2) is 140 Å². The number of ketones is 1. The highest BCUT2D eigenvalue weighted by Gasteiger charge is 2.34. The number of fused-ring (bicyclic) bond motifs is 8. The third-order valence-electron chi connectivity index (χ3n) is 24.2. The van der Waals surface area contributed by atoms with Crippen LogP contribution in [0, 0.1) is 12.8 Å². The highest BCUT2D eigenvalue weighted by Crippen LogP contribution is 2.51. The number of aryl methyl sites for hydroxylation is 1. The second kappa shape index (κ2) is 45.0. The molecule has 0 saturated carbocycles.